The number of hydrogen-bond donors (Lipinski definition) is 1. The van der Waals surface area contributed by atoms with E-state index >= 15 is 0 Å². The highest BCUT2D eigenvalue weighted by Gasteiger charge is 2.07. The van der Waals surface area contributed by atoms with Gasteiger partial charge in [0.25, 0.3) is 0 Å². The minimum Gasteiger partial charge on any atom is -0.495 e. The maximum absolute atomic E-state index is 6.01. The Labute approximate surface area is 126 Å². The summed E-state index contributed by atoms with van der Waals surface area (Å²) >= 11 is 9.49. The molecule has 2 aromatic carbocycles. The van der Waals surface area contributed by atoms with Crippen LogP contribution >= 0.6 is 27.5 Å². The number of hydrogen-bond acceptors (Lipinski definition) is 2. The Balaban J connectivity index is 2.17. The first-order chi connectivity index (χ1) is 9.10. The van der Waals surface area contributed by atoms with Crippen LogP contribution in [0.3, 0.4) is 0 Å². The number of ether oxygens (including phenoxy) is 1. The molecule has 2 aromatic rings. The van der Waals surface area contributed by atoms with Gasteiger partial charge in [-0.2, -0.15) is 0 Å². The fraction of sp³-hybridized carbons (Fsp3) is 0.200. The number of halogens is 2. The molecule has 100 valence electrons. The van der Waals surface area contributed by atoms with E-state index in [1.54, 1.807) is 7.11 Å². The van der Waals surface area contributed by atoms with Crippen LogP contribution in [0.2, 0.25) is 5.02 Å². The Kier molecular flexibility index (Phi) is 4.72. The van der Waals surface area contributed by atoms with E-state index in [0.717, 1.165) is 10.2 Å². The molecule has 1 unspecified atom stereocenters. The molecule has 0 spiro atoms. The van der Waals surface area contributed by atoms with Crippen LogP contribution in [0.25, 0.3) is 0 Å². The molecule has 1 atom stereocenters. The first kappa shape index (κ1) is 14.2. The van der Waals surface area contributed by atoms with Crippen molar-refractivity contribution in [3.05, 3.63) is 57.5 Å². The molecule has 0 bridgehead atoms. The van der Waals surface area contributed by atoms with Crippen molar-refractivity contribution in [2.24, 2.45) is 0 Å². The molecular formula is C15H15BrClNO. The predicted octanol–water partition coefficient (Wildman–Crippen LogP) is 5.28. The summed E-state index contributed by atoms with van der Waals surface area (Å²) in [6, 6.07) is 14.1. The summed E-state index contributed by atoms with van der Waals surface area (Å²) < 4.78 is 6.29. The summed E-state index contributed by atoms with van der Waals surface area (Å²) in [7, 11) is 1.61. The lowest BCUT2D eigenvalue weighted by molar-refractivity contribution is 0.415. The highest BCUT2D eigenvalue weighted by molar-refractivity contribution is 9.10. The average Bonchev–Trinajstić information content (AvgIpc) is 2.41. The molecule has 2 nitrogen and oxygen atoms in total. The fourth-order valence-electron chi connectivity index (χ4n) is 1.86. The normalized spacial score (nSPS) is 12.0. The number of anilines is 1. The van der Waals surface area contributed by atoms with Gasteiger partial charge < -0.3 is 10.1 Å². The largest absolute Gasteiger partial charge is 0.495 e. The van der Waals surface area contributed by atoms with Gasteiger partial charge in [-0.3, -0.25) is 0 Å². The van der Waals surface area contributed by atoms with E-state index in [2.05, 4.69) is 40.3 Å². The van der Waals surface area contributed by atoms with Gasteiger partial charge in [-0.25, -0.2) is 0 Å². The molecule has 0 aliphatic carbocycles. The highest BCUT2D eigenvalue weighted by atomic mass is 79.9. The summed E-state index contributed by atoms with van der Waals surface area (Å²) in [6.07, 6.45) is 0. The molecule has 0 aromatic heterocycles. The second-order valence-corrected chi connectivity index (χ2v) is 5.59. The predicted molar refractivity (Wildman–Crippen MR) is 84.2 cm³/mol. The van der Waals surface area contributed by atoms with E-state index in [-0.39, 0.29) is 6.04 Å². The van der Waals surface area contributed by atoms with Crippen LogP contribution in [-0.2, 0) is 0 Å². The van der Waals surface area contributed by atoms with Crippen molar-refractivity contribution >= 4 is 33.2 Å². The summed E-state index contributed by atoms with van der Waals surface area (Å²) in [4.78, 5) is 0. The van der Waals surface area contributed by atoms with Gasteiger partial charge in [0.15, 0.2) is 0 Å². The Bertz CT molecular complexity index is 574. The average molecular weight is 341 g/mol. The zero-order valence-corrected chi connectivity index (χ0v) is 13.1. The van der Waals surface area contributed by atoms with Gasteiger partial charge in [-0.15, -0.1) is 0 Å². The third-order valence-corrected chi connectivity index (χ3v) is 3.69. The molecule has 0 aliphatic rings. The lowest BCUT2D eigenvalue weighted by atomic mass is 10.1. The summed E-state index contributed by atoms with van der Waals surface area (Å²) in [6.45, 7) is 2.11. The van der Waals surface area contributed by atoms with Crippen LogP contribution in [0.15, 0.2) is 46.9 Å². The monoisotopic (exact) mass is 339 g/mol. The highest BCUT2D eigenvalue weighted by Crippen LogP contribution is 2.29. The maximum Gasteiger partial charge on any atom is 0.139 e. The van der Waals surface area contributed by atoms with Gasteiger partial charge in [-0.05, 0) is 36.8 Å². The van der Waals surface area contributed by atoms with Crippen molar-refractivity contribution in [2.45, 2.75) is 13.0 Å². The van der Waals surface area contributed by atoms with Crippen molar-refractivity contribution in [3.8, 4) is 5.75 Å². The molecule has 4 heteroatoms. The van der Waals surface area contributed by atoms with Crippen LogP contribution in [0.4, 0.5) is 5.69 Å². The van der Waals surface area contributed by atoms with Crippen molar-refractivity contribution < 1.29 is 4.74 Å². The van der Waals surface area contributed by atoms with Crippen LogP contribution in [0.5, 0.6) is 5.75 Å². The Morgan fingerprint density at radius 2 is 2.00 bits per heavy atom. The van der Waals surface area contributed by atoms with Crippen LogP contribution in [0.1, 0.15) is 18.5 Å². The number of rotatable bonds is 4. The molecule has 0 saturated heterocycles. The first-order valence-corrected chi connectivity index (χ1v) is 7.13. The molecule has 1 N–H and O–H groups in total. The van der Waals surface area contributed by atoms with Gasteiger partial charge >= 0.3 is 0 Å². The summed E-state index contributed by atoms with van der Waals surface area (Å²) in [5.41, 5.74) is 2.19. The Hall–Kier alpha value is -1.19. The van der Waals surface area contributed by atoms with E-state index in [1.165, 1.54) is 5.56 Å². The first-order valence-electron chi connectivity index (χ1n) is 5.95. The molecule has 19 heavy (non-hydrogen) atoms. The van der Waals surface area contributed by atoms with Crippen molar-refractivity contribution in [1.29, 1.82) is 0 Å². The molecule has 0 fully saturated rings. The van der Waals surface area contributed by atoms with Gasteiger partial charge in [0.1, 0.15) is 5.75 Å². The zero-order valence-electron chi connectivity index (χ0n) is 10.8. The molecule has 0 saturated carbocycles. The quantitative estimate of drug-likeness (QED) is 0.817. The fourth-order valence-corrected chi connectivity index (χ4v) is 2.47. The molecule has 0 aliphatic heterocycles. The minimum absolute atomic E-state index is 0.198. The topological polar surface area (TPSA) is 21.3 Å². The van der Waals surface area contributed by atoms with Crippen molar-refractivity contribution in [3.63, 3.8) is 0 Å². The smallest absolute Gasteiger partial charge is 0.139 e. The van der Waals surface area contributed by atoms with Crippen LogP contribution < -0.4 is 10.1 Å². The van der Waals surface area contributed by atoms with Gasteiger partial charge in [0.05, 0.1) is 12.1 Å². The van der Waals surface area contributed by atoms with E-state index in [1.807, 2.05) is 30.3 Å². The van der Waals surface area contributed by atoms with E-state index in [9.17, 15) is 0 Å². The number of benzene rings is 2. The van der Waals surface area contributed by atoms with Gasteiger partial charge in [0.2, 0.25) is 0 Å². The lowest BCUT2D eigenvalue weighted by Gasteiger charge is -2.17. The third-order valence-electron chi connectivity index (χ3n) is 2.88. The minimum atomic E-state index is 0.198. The second kappa shape index (κ2) is 6.31. The van der Waals surface area contributed by atoms with E-state index in [4.69, 9.17) is 16.3 Å². The van der Waals surface area contributed by atoms with Crippen molar-refractivity contribution in [2.75, 3.05) is 12.4 Å². The third kappa shape index (κ3) is 3.64. The van der Waals surface area contributed by atoms with E-state index in [0.29, 0.717) is 10.8 Å². The zero-order chi connectivity index (χ0) is 13.8. The van der Waals surface area contributed by atoms with Gasteiger partial charge in [0, 0.05) is 22.3 Å². The molecular weight excluding hydrogens is 326 g/mol. The number of nitrogens with one attached hydrogen (secondary N) is 1. The molecule has 0 amide bonds. The standard InChI is InChI=1S/C15H15BrClNO/c1-10(11-4-3-5-12(16)8-11)18-13-6-7-14(17)15(9-13)19-2/h3-10,18H,1-2H3. The van der Waals surface area contributed by atoms with Crippen LogP contribution in [0, 0.1) is 0 Å². The maximum atomic E-state index is 6.01. The summed E-state index contributed by atoms with van der Waals surface area (Å²) in [5.74, 6) is 0.674. The van der Waals surface area contributed by atoms with E-state index < -0.39 is 0 Å². The number of methoxy groups -OCH3 is 1. The molecule has 0 heterocycles. The summed E-state index contributed by atoms with van der Waals surface area (Å²) in [5, 5.41) is 4.04. The second-order valence-electron chi connectivity index (χ2n) is 4.27. The lowest BCUT2D eigenvalue weighted by Crippen LogP contribution is -2.06. The molecule has 0 radical (unpaired) electrons. The van der Waals surface area contributed by atoms with Crippen LogP contribution in [-0.4, -0.2) is 7.11 Å². The SMILES string of the molecule is COc1cc(NC(C)c2cccc(Br)c2)ccc1Cl. The Morgan fingerprint density at radius 1 is 1.21 bits per heavy atom. The molecule has 2 rings (SSSR count). The van der Waals surface area contributed by atoms with Crippen molar-refractivity contribution in [1.82, 2.24) is 0 Å². The van der Waals surface area contributed by atoms with Gasteiger partial charge in [-0.1, -0.05) is 39.7 Å². The Morgan fingerprint density at radius 3 is 2.68 bits per heavy atom.